The quantitative estimate of drug-likeness (QED) is 0.138. The average Bonchev–Trinajstić information content (AvgIpc) is 3.47. The van der Waals surface area contributed by atoms with Gasteiger partial charge in [0.1, 0.15) is 17.2 Å². The molecule has 10 nitrogen and oxygen atoms in total. The molecule has 240 valence electrons. The molecule has 0 aromatic carbocycles. The summed E-state index contributed by atoms with van der Waals surface area (Å²) >= 11 is 0. The Bertz CT molecular complexity index is 1560. The zero-order valence-corrected chi connectivity index (χ0v) is 25.8. The smallest absolute Gasteiger partial charge is 0.270 e. The van der Waals surface area contributed by atoms with Gasteiger partial charge in [0.25, 0.3) is 5.91 Å². The Morgan fingerprint density at radius 3 is 2.76 bits per heavy atom. The first-order chi connectivity index (χ1) is 21.9. The number of amides is 1. The van der Waals surface area contributed by atoms with Crippen LogP contribution in [0.3, 0.4) is 0 Å². The molecule has 1 saturated carbocycles. The lowest BCUT2D eigenvalue weighted by atomic mass is 9.90. The number of hydrogen-bond donors (Lipinski definition) is 3. The summed E-state index contributed by atoms with van der Waals surface area (Å²) in [7, 11) is 0. The van der Waals surface area contributed by atoms with Crippen LogP contribution in [0.5, 0.6) is 0 Å². The van der Waals surface area contributed by atoms with Crippen molar-refractivity contribution in [1.29, 1.82) is 0 Å². The number of carbonyl (C=O) groups is 1. The monoisotopic (exact) mass is 621 g/mol. The summed E-state index contributed by atoms with van der Waals surface area (Å²) in [6, 6.07) is 4.88. The Morgan fingerprint density at radius 1 is 1.07 bits per heavy atom. The number of pyridine rings is 2. The molecule has 3 N–H and O–H groups in total. The van der Waals surface area contributed by atoms with Crippen LogP contribution in [0.1, 0.15) is 74.8 Å². The van der Waals surface area contributed by atoms with E-state index in [1.54, 1.807) is 12.4 Å². The van der Waals surface area contributed by atoms with E-state index in [2.05, 4.69) is 49.4 Å². The van der Waals surface area contributed by atoms with Crippen molar-refractivity contribution in [3.05, 3.63) is 65.9 Å². The number of halogens is 2. The Hall–Kier alpha value is -4.03. The van der Waals surface area contributed by atoms with Gasteiger partial charge in [0.2, 0.25) is 0 Å². The Balaban J connectivity index is 1.11. The van der Waals surface area contributed by atoms with Gasteiger partial charge in [-0.3, -0.25) is 9.78 Å². The molecule has 1 aliphatic rings. The number of aromatic amines is 1. The molecule has 4 heterocycles. The highest BCUT2D eigenvalue weighted by Crippen LogP contribution is 2.28. The maximum atomic E-state index is 14.8. The van der Waals surface area contributed by atoms with E-state index in [0.717, 1.165) is 62.9 Å². The number of nitrogens with zero attached hydrogens (tertiary/aromatic N) is 4. The fourth-order valence-electron chi connectivity index (χ4n) is 5.70. The SMILES string of the molecule is CCC(CC)OCCOCCCc1ccnc(C(=O)N[C@@H]2CCC[C@H](Nc3nc(-c4c[nH]c5ncc(F)cc45)ncc3F)C2)c1. The van der Waals surface area contributed by atoms with Crippen LogP contribution in [0, 0.1) is 11.6 Å². The van der Waals surface area contributed by atoms with Gasteiger partial charge in [-0.15, -0.1) is 0 Å². The van der Waals surface area contributed by atoms with Gasteiger partial charge in [0, 0.05) is 42.0 Å². The van der Waals surface area contributed by atoms with Crippen molar-refractivity contribution in [3.63, 3.8) is 0 Å². The number of aryl methyl sites for hydroxylation is 1. The molecular weight excluding hydrogens is 580 g/mol. The van der Waals surface area contributed by atoms with Crippen molar-refractivity contribution < 1.29 is 23.0 Å². The van der Waals surface area contributed by atoms with Crippen LogP contribution in [0.2, 0.25) is 0 Å². The molecule has 12 heteroatoms. The van der Waals surface area contributed by atoms with Crippen LogP contribution in [-0.4, -0.2) is 68.8 Å². The summed E-state index contributed by atoms with van der Waals surface area (Å²) < 4.78 is 40.1. The molecule has 0 radical (unpaired) electrons. The summed E-state index contributed by atoms with van der Waals surface area (Å²) in [5, 5.41) is 6.82. The number of fused-ring (bicyclic) bond motifs is 1. The summed E-state index contributed by atoms with van der Waals surface area (Å²) in [6.07, 6.45) is 12.5. The zero-order valence-electron chi connectivity index (χ0n) is 25.8. The molecule has 2 atom stereocenters. The largest absolute Gasteiger partial charge is 0.379 e. The highest BCUT2D eigenvalue weighted by Gasteiger charge is 2.25. The van der Waals surface area contributed by atoms with Gasteiger partial charge >= 0.3 is 0 Å². The second kappa shape index (κ2) is 15.8. The standard InChI is InChI=1S/C33H41F2N7O3/c1-3-25(4-2)45-14-13-44-12-6-7-21-10-11-36-29(15-21)33(43)41-24-9-5-8-23(17-24)40-32-28(35)20-39-31(42-32)27-19-38-30-26(27)16-22(34)18-37-30/h10-11,15-16,18-20,23-25H,3-9,12-14,17H2,1-2H3,(H,37,38)(H,41,43)(H,39,40,42)/t23-,24+/m0/s1. The maximum absolute atomic E-state index is 14.8. The lowest BCUT2D eigenvalue weighted by Gasteiger charge is -2.30. The fraction of sp³-hybridized carbons (Fsp3) is 0.485. The van der Waals surface area contributed by atoms with Crippen LogP contribution in [0.25, 0.3) is 22.4 Å². The number of anilines is 1. The van der Waals surface area contributed by atoms with Crippen molar-refractivity contribution in [2.45, 2.75) is 83.4 Å². The molecule has 0 aliphatic heterocycles. The third-order valence-electron chi connectivity index (χ3n) is 8.14. The molecule has 4 aromatic rings. The van der Waals surface area contributed by atoms with Gasteiger partial charge in [-0.05, 0) is 75.1 Å². The van der Waals surface area contributed by atoms with Crippen molar-refractivity contribution in [3.8, 4) is 11.4 Å². The number of nitrogens with one attached hydrogen (secondary N) is 3. The highest BCUT2D eigenvalue weighted by molar-refractivity contribution is 5.93. The van der Waals surface area contributed by atoms with Crippen LogP contribution >= 0.6 is 0 Å². The molecule has 4 aromatic heterocycles. The second-order valence-corrected chi connectivity index (χ2v) is 11.4. The van der Waals surface area contributed by atoms with Crippen molar-refractivity contribution in [2.24, 2.45) is 0 Å². The second-order valence-electron chi connectivity index (χ2n) is 11.4. The number of rotatable bonds is 15. The first kappa shape index (κ1) is 32.4. The molecule has 0 saturated heterocycles. The van der Waals surface area contributed by atoms with E-state index >= 15 is 0 Å². The summed E-state index contributed by atoms with van der Waals surface area (Å²) in [4.78, 5) is 32.9. The predicted molar refractivity (Wildman–Crippen MR) is 168 cm³/mol. The van der Waals surface area contributed by atoms with E-state index in [1.165, 1.54) is 6.07 Å². The van der Waals surface area contributed by atoms with Crippen LogP contribution in [-0.2, 0) is 15.9 Å². The van der Waals surface area contributed by atoms with E-state index < -0.39 is 11.6 Å². The minimum atomic E-state index is -0.588. The van der Waals surface area contributed by atoms with Gasteiger partial charge in [-0.25, -0.2) is 23.7 Å². The van der Waals surface area contributed by atoms with Crippen LogP contribution < -0.4 is 10.6 Å². The molecule has 1 fully saturated rings. The molecule has 0 spiro atoms. The number of H-pyrrole nitrogens is 1. The Kier molecular flexibility index (Phi) is 11.4. The summed E-state index contributed by atoms with van der Waals surface area (Å²) in [6.45, 7) is 6.05. The van der Waals surface area contributed by atoms with E-state index in [1.807, 2.05) is 12.1 Å². The van der Waals surface area contributed by atoms with Crippen molar-refractivity contribution in [2.75, 3.05) is 25.1 Å². The lowest BCUT2D eigenvalue weighted by molar-refractivity contribution is 0.00156. The third kappa shape index (κ3) is 8.79. The number of carbonyl (C=O) groups excluding carboxylic acids is 1. The third-order valence-corrected chi connectivity index (χ3v) is 8.14. The van der Waals surface area contributed by atoms with Gasteiger partial charge in [0.05, 0.1) is 31.7 Å². The molecular formula is C33H41F2N7O3. The maximum Gasteiger partial charge on any atom is 0.270 e. The van der Waals surface area contributed by atoms with Gasteiger partial charge in [0.15, 0.2) is 17.5 Å². The minimum absolute atomic E-state index is 0.0627. The molecule has 45 heavy (non-hydrogen) atoms. The van der Waals surface area contributed by atoms with Gasteiger partial charge < -0.3 is 25.1 Å². The summed E-state index contributed by atoms with van der Waals surface area (Å²) in [5.41, 5.74) is 2.41. The first-order valence-electron chi connectivity index (χ1n) is 15.8. The highest BCUT2D eigenvalue weighted by atomic mass is 19.1. The Morgan fingerprint density at radius 2 is 1.91 bits per heavy atom. The average molecular weight is 622 g/mol. The van der Waals surface area contributed by atoms with Gasteiger partial charge in [-0.1, -0.05) is 13.8 Å². The Labute approximate surface area is 261 Å². The van der Waals surface area contributed by atoms with E-state index in [-0.39, 0.29) is 29.6 Å². The topological polar surface area (TPSA) is 127 Å². The molecule has 5 rings (SSSR count). The van der Waals surface area contributed by atoms with Crippen LogP contribution in [0.15, 0.2) is 43.0 Å². The summed E-state index contributed by atoms with van der Waals surface area (Å²) in [5.74, 6) is -0.988. The number of hydrogen-bond acceptors (Lipinski definition) is 8. The molecule has 0 bridgehead atoms. The molecule has 1 aliphatic carbocycles. The normalized spacial score (nSPS) is 16.7. The first-order valence-corrected chi connectivity index (χ1v) is 15.8. The zero-order chi connectivity index (χ0) is 31.6. The molecule has 1 amide bonds. The number of ether oxygens (including phenoxy) is 2. The minimum Gasteiger partial charge on any atom is -0.379 e. The van der Waals surface area contributed by atoms with E-state index in [4.69, 9.17) is 9.47 Å². The number of aromatic nitrogens is 5. The lowest BCUT2D eigenvalue weighted by Crippen LogP contribution is -2.42. The van der Waals surface area contributed by atoms with Crippen molar-refractivity contribution >= 4 is 22.8 Å². The van der Waals surface area contributed by atoms with Crippen molar-refractivity contribution in [1.82, 2.24) is 30.2 Å². The fourth-order valence-corrected chi connectivity index (χ4v) is 5.70. The molecule has 0 unspecified atom stereocenters. The van der Waals surface area contributed by atoms with E-state index in [0.29, 0.717) is 54.6 Å². The van der Waals surface area contributed by atoms with Gasteiger partial charge in [-0.2, -0.15) is 0 Å². The van der Waals surface area contributed by atoms with E-state index in [9.17, 15) is 13.6 Å². The van der Waals surface area contributed by atoms with Crippen LogP contribution in [0.4, 0.5) is 14.6 Å². The predicted octanol–water partition coefficient (Wildman–Crippen LogP) is 6.00.